The van der Waals surface area contributed by atoms with Crippen LogP contribution in [0.1, 0.15) is 13.3 Å². The normalized spacial score (nSPS) is 10.0. The van der Waals surface area contributed by atoms with Crippen LogP contribution in [0.2, 0.25) is 0 Å². The van der Waals surface area contributed by atoms with E-state index in [2.05, 4.69) is 31.9 Å². The summed E-state index contributed by atoms with van der Waals surface area (Å²) in [5, 5.41) is 8.38. The van der Waals surface area contributed by atoms with E-state index in [0.29, 0.717) is 19.5 Å². The topological polar surface area (TPSA) is 70.2 Å². The third kappa shape index (κ3) is 6.93. The van der Waals surface area contributed by atoms with Crippen molar-refractivity contribution in [2.75, 3.05) is 25.0 Å². The van der Waals surface area contributed by atoms with Crippen molar-refractivity contribution in [3.63, 3.8) is 0 Å². The van der Waals surface area contributed by atoms with E-state index >= 15 is 0 Å². The third-order valence-electron chi connectivity index (χ3n) is 2.32. The maximum atomic E-state index is 11.6. The third-order valence-corrected chi connectivity index (χ3v) is 2.84. The van der Waals surface area contributed by atoms with E-state index in [1.807, 2.05) is 31.2 Å². The van der Waals surface area contributed by atoms with Crippen molar-refractivity contribution in [3.05, 3.63) is 28.7 Å². The van der Waals surface area contributed by atoms with Gasteiger partial charge in [0.15, 0.2) is 0 Å². The number of nitrogens with one attached hydrogen (secondary N) is 3. The fourth-order valence-corrected chi connectivity index (χ4v) is 1.69. The van der Waals surface area contributed by atoms with Crippen molar-refractivity contribution < 1.29 is 9.59 Å². The fourth-order valence-electron chi connectivity index (χ4n) is 1.43. The van der Waals surface area contributed by atoms with Crippen molar-refractivity contribution in [2.24, 2.45) is 0 Å². The number of amides is 2. The summed E-state index contributed by atoms with van der Waals surface area (Å²) in [6.45, 7) is 3.18. The molecule has 1 rings (SSSR count). The molecule has 0 aliphatic heterocycles. The molecule has 0 saturated heterocycles. The van der Waals surface area contributed by atoms with Gasteiger partial charge in [-0.1, -0.05) is 15.9 Å². The van der Waals surface area contributed by atoms with Crippen LogP contribution >= 0.6 is 15.9 Å². The molecule has 19 heavy (non-hydrogen) atoms. The maximum Gasteiger partial charge on any atom is 0.238 e. The Hall–Kier alpha value is -1.40. The van der Waals surface area contributed by atoms with E-state index in [-0.39, 0.29) is 18.4 Å². The molecule has 6 heteroatoms. The molecule has 1 aromatic rings. The molecule has 3 N–H and O–H groups in total. The molecule has 0 heterocycles. The van der Waals surface area contributed by atoms with Crippen LogP contribution in [-0.2, 0) is 9.59 Å². The van der Waals surface area contributed by atoms with Crippen molar-refractivity contribution in [1.82, 2.24) is 10.6 Å². The molecule has 0 aromatic heterocycles. The highest BCUT2D eigenvalue weighted by molar-refractivity contribution is 9.10. The van der Waals surface area contributed by atoms with E-state index in [4.69, 9.17) is 0 Å². The number of carbonyl (C=O) groups excluding carboxylic acids is 2. The van der Waals surface area contributed by atoms with Crippen LogP contribution in [0.15, 0.2) is 28.7 Å². The molecule has 0 saturated carbocycles. The van der Waals surface area contributed by atoms with Crippen LogP contribution in [-0.4, -0.2) is 31.4 Å². The van der Waals surface area contributed by atoms with Gasteiger partial charge in [0.05, 0.1) is 6.54 Å². The van der Waals surface area contributed by atoms with Gasteiger partial charge in [0, 0.05) is 29.7 Å². The van der Waals surface area contributed by atoms with Crippen LogP contribution in [0.5, 0.6) is 0 Å². The summed E-state index contributed by atoms with van der Waals surface area (Å²) in [7, 11) is 0. The molecule has 0 aliphatic rings. The largest absolute Gasteiger partial charge is 0.356 e. The minimum absolute atomic E-state index is 0.0108. The van der Waals surface area contributed by atoms with Crippen LogP contribution < -0.4 is 16.0 Å². The Balaban J connectivity index is 2.18. The van der Waals surface area contributed by atoms with Crippen LogP contribution in [0.25, 0.3) is 0 Å². The van der Waals surface area contributed by atoms with Gasteiger partial charge in [-0.05, 0) is 31.2 Å². The smallest absolute Gasteiger partial charge is 0.238 e. The van der Waals surface area contributed by atoms with E-state index in [0.717, 1.165) is 10.2 Å². The Morgan fingerprint density at radius 3 is 2.47 bits per heavy atom. The standard InChI is InChI=1S/C13H18BrN3O2/c1-2-16-12(18)7-8-15-9-13(19)17-11-5-3-10(14)4-6-11/h3-6,15H,2,7-9H2,1H3,(H,16,18)(H,17,19). The number of benzene rings is 1. The summed E-state index contributed by atoms with van der Waals surface area (Å²) in [6, 6.07) is 7.35. The molecule has 2 amide bonds. The lowest BCUT2D eigenvalue weighted by Gasteiger charge is -2.07. The van der Waals surface area contributed by atoms with Crippen molar-refractivity contribution in [2.45, 2.75) is 13.3 Å². The molecule has 0 unspecified atom stereocenters. The van der Waals surface area contributed by atoms with E-state index < -0.39 is 0 Å². The molecule has 0 atom stereocenters. The number of hydrogen-bond acceptors (Lipinski definition) is 3. The highest BCUT2D eigenvalue weighted by Gasteiger charge is 2.03. The van der Waals surface area contributed by atoms with Gasteiger partial charge in [0.1, 0.15) is 0 Å². The minimum Gasteiger partial charge on any atom is -0.356 e. The summed E-state index contributed by atoms with van der Waals surface area (Å²) >= 11 is 3.33. The average Bonchev–Trinajstić information content (AvgIpc) is 2.38. The monoisotopic (exact) mass is 327 g/mol. The second-order valence-corrected chi connectivity index (χ2v) is 4.85. The fraction of sp³-hybridized carbons (Fsp3) is 0.385. The van der Waals surface area contributed by atoms with E-state index in [9.17, 15) is 9.59 Å². The van der Waals surface area contributed by atoms with Gasteiger partial charge >= 0.3 is 0 Å². The Morgan fingerprint density at radius 2 is 1.84 bits per heavy atom. The molecule has 1 aromatic carbocycles. The first kappa shape index (κ1) is 15.7. The summed E-state index contributed by atoms with van der Waals surface area (Å²) in [5.74, 6) is -0.137. The highest BCUT2D eigenvalue weighted by atomic mass is 79.9. The number of carbonyl (C=O) groups is 2. The van der Waals surface area contributed by atoms with Crippen molar-refractivity contribution >= 4 is 33.4 Å². The molecule has 0 aliphatic carbocycles. The predicted molar refractivity (Wildman–Crippen MR) is 78.9 cm³/mol. The van der Waals surface area contributed by atoms with Crippen LogP contribution in [0.4, 0.5) is 5.69 Å². The molecule has 0 bridgehead atoms. The maximum absolute atomic E-state index is 11.6. The van der Waals surface area contributed by atoms with Crippen LogP contribution in [0.3, 0.4) is 0 Å². The summed E-state index contributed by atoms with van der Waals surface area (Å²) in [5.41, 5.74) is 0.749. The predicted octanol–water partition coefficient (Wildman–Crippen LogP) is 1.50. The second kappa shape index (κ2) is 8.66. The van der Waals surface area contributed by atoms with Gasteiger partial charge in [-0.2, -0.15) is 0 Å². The zero-order chi connectivity index (χ0) is 14.1. The molecule has 104 valence electrons. The Labute approximate surface area is 121 Å². The molecule has 0 spiro atoms. The van der Waals surface area contributed by atoms with Crippen LogP contribution in [0, 0.1) is 0 Å². The van der Waals surface area contributed by atoms with Crippen molar-refractivity contribution in [3.8, 4) is 0 Å². The molecular weight excluding hydrogens is 310 g/mol. The summed E-state index contributed by atoms with van der Waals surface area (Å²) < 4.78 is 0.963. The Kier molecular flexibility index (Phi) is 7.14. The Bertz CT molecular complexity index is 420. The van der Waals surface area contributed by atoms with Gasteiger partial charge in [-0.15, -0.1) is 0 Å². The van der Waals surface area contributed by atoms with Gasteiger partial charge in [-0.25, -0.2) is 0 Å². The number of halogens is 1. The second-order valence-electron chi connectivity index (χ2n) is 3.94. The first-order valence-corrected chi connectivity index (χ1v) is 6.94. The quantitative estimate of drug-likeness (QED) is 0.665. The first-order chi connectivity index (χ1) is 9.11. The van der Waals surface area contributed by atoms with Crippen molar-refractivity contribution in [1.29, 1.82) is 0 Å². The average molecular weight is 328 g/mol. The minimum atomic E-state index is -0.127. The SMILES string of the molecule is CCNC(=O)CCNCC(=O)Nc1ccc(Br)cc1. The van der Waals surface area contributed by atoms with E-state index in [1.54, 1.807) is 0 Å². The lowest BCUT2D eigenvalue weighted by molar-refractivity contribution is -0.121. The zero-order valence-corrected chi connectivity index (χ0v) is 12.4. The molecular formula is C13H18BrN3O2. The number of rotatable bonds is 7. The summed E-state index contributed by atoms with van der Waals surface area (Å²) in [4.78, 5) is 22.7. The number of anilines is 1. The van der Waals surface area contributed by atoms with E-state index in [1.165, 1.54) is 0 Å². The molecule has 0 fully saturated rings. The van der Waals surface area contributed by atoms with Gasteiger partial charge in [-0.3, -0.25) is 9.59 Å². The molecule has 0 radical (unpaired) electrons. The first-order valence-electron chi connectivity index (χ1n) is 6.14. The lowest BCUT2D eigenvalue weighted by Crippen LogP contribution is -2.32. The summed E-state index contributed by atoms with van der Waals surface area (Å²) in [6.07, 6.45) is 0.374. The van der Waals surface area contributed by atoms with Gasteiger partial charge < -0.3 is 16.0 Å². The number of hydrogen-bond donors (Lipinski definition) is 3. The lowest BCUT2D eigenvalue weighted by atomic mass is 10.3. The highest BCUT2D eigenvalue weighted by Crippen LogP contribution is 2.13. The van der Waals surface area contributed by atoms with Gasteiger partial charge in [0.25, 0.3) is 0 Å². The van der Waals surface area contributed by atoms with Gasteiger partial charge in [0.2, 0.25) is 11.8 Å². The Morgan fingerprint density at radius 1 is 1.16 bits per heavy atom. The molecule has 5 nitrogen and oxygen atoms in total. The zero-order valence-electron chi connectivity index (χ0n) is 10.8.